The maximum absolute atomic E-state index is 12.2. The zero-order valence-corrected chi connectivity index (χ0v) is 13.8. The van der Waals surface area contributed by atoms with Crippen molar-refractivity contribution >= 4 is 21.4 Å². The van der Waals surface area contributed by atoms with Gasteiger partial charge in [0.25, 0.3) is 0 Å². The first-order chi connectivity index (χ1) is 9.87. The number of hydrogen-bond acceptors (Lipinski definition) is 6. The molecule has 7 nitrogen and oxygen atoms in total. The van der Waals surface area contributed by atoms with Crippen LogP contribution in [0.15, 0.2) is 22.7 Å². The summed E-state index contributed by atoms with van der Waals surface area (Å²) in [7, 11) is -1.79. The van der Waals surface area contributed by atoms with Gasteiger partial charge in [-0.1, -0.05) is 13.8 Å². The van der Waals surface area contributed by atoms with Crippen LogP contribution in [0.1, 0.15) is 24.5 Å². The van der Waals surface area contributed by atoms with Crippen LogP contribution in [0.4, 0.5) is 0 Å². The Morgan fingerprint density at radius 1 is 1.38 bits per heavy atom. The van der Waals surface area contributed by atoms with Crippen molar-refractivity contribution in [1.82, 2.24) is 24.8 Å². The minimum Gasteiger partial charge on any atom is -0.310 e. The van der Waals surface area contributed by atoms with Gasteiger partial charge >= 0.3 is 0 Å². The molecule has 0 aliphatic carbocycles. The van der Waals surface area contributed by atoms with Crippen molar-refractivity contribution in [1.29, 1.82) is 0 Å². The van der Waals surface area contributed by atoms with Gasteiger partial charge in [0.05, 0.1) is 11.4 Å². The maximum Gasteiger partial charge on any atom is 0.241 e. The van der Waals surface area contributed by atoms with Crippen LogP contribution < -0.4 is 10.0 Å². The first-order valence-corrected chi connectivity index (χ1v) is 8.88. The van der Waals surface area contributed by atoms with Gasteiger partial charge in [0.15, 0.2) is 5.82 Å². The fourth-order valence-electron chi connectivity index (χ4n) is 1.61. The van der Waals surface area contributed by atoms with Crippen LogP contribution in [-0.4, -0.2) is 29.2 Å². The van der Waals surface area contributed by atoms with E-state index in [0.717, 1.165) is 4.88 Å². The molecule has 0 amide bonds. The molecule has 0 fully saturated rings. The summed E-state index contributed by atoms with van der Waals surface area (Å²) in [4.78, 5) is 5.25. The molecule has 0 radical (unpaired) electrons. The third-order valence-corrected chi connectivity index (χ3v) is 5.16. The van der Waals surface area contributed by atoms with Crippen LogP contribution >= 0.6 is 11.3 Å². The molecule has 2 rings (SSSR count). The average molecular weight is 329 g/mol. The Labute approximate surface area is 128 Å². The molecule has 2 heterocycles. The molecular weight excluding hydrogens is 310 g/mol. The number of thiophene rings is 1. The summed E-state index contributed by atoms with van der Waals surface area (Å²) in [5.41, 5.74) is 0. The molecular formula is C12H19N5O2S2. The summed E-state index contributed by atoms with van der Waals surface area (Å²) < 4.78 is 28.4. The van der Waals surface area contributed by atoms with Gasteiger partial charge in [-0.25, -0.2) is 18.1 Å². The van der Waals surface area contributed by atoms with Crippen LogP contribution in [0.3, 0.4) is 0 Å². The second-order valence-corrected chi connectivity index (χ2v) is 7.71. The van der Waals surface area contributed by atoms with Crippen LogP contribution in [-0.2, 0) is 30.2 Å². The normalized spacial score (nSPS) is 12.2. The summed E-state index contributed by atoms with van der Waals surface area (Å²) >= 11 is 1.43. The molecule has 2 N–H and O–H groups in total. The van der Waals surface area contributed by atoms with Crippen LogP contribution in [0.2, 0.25) is 0 Å². The van der Waals surface area contributed by atoms with E-state index in [0.29, 0.717) is 18.4 Å². The Morgan fingerprint density at radius 3 is 2.76 bits per heavy atom. The molecule has 0 saturated heterocycles. The number of rotatable bonds is 7. The smallest absolute Gasteiger partial charge is 0.241 e. The second-order valence-electron chi connectivity index (χ2n) is 4.94. The number of hydrogen-bond donors (Lipinski definition) is 2. The van der Waals surface area contributed by atoms with E-state index >= 15 is 0 Å². The van der Waals surface area contributed by atoms with E-state index in [1.54, 1.807) is 18.5 Å². The number of aromatic nitrogens is 3. The van der Waals surface area contributed by atoms with E-state index in [1.807, 2.05) is 13.8 Å². The molecule has 0 aliphatic rings. The quantitative estimate of drug-likeness (QED) is 0.786. The largest absolute Gasteiger partial charge is 0.310 e. The van der Waals surface area contributed by atoms with Crippen molar-refractivity contribution in [2.45, 2.75) is 37.9 Å². The molecule has 0 aliphatic heterocycles. The Bertz CT molecular complexity index is 690. The van der Waals surface area contributed by atoms with Gasteiger partial charge in [0.2, 0.25) is 10.0 Å². The van der Waals surface area contributed by atoms with Gasteiger partial charge in [0.1, 0.15) is 6.33 Å². The van der Waals surface area contributed by atoms with Crippen LogP contribution in [0.5, 0.6) is 0 Å². The molecule has 2 aromatic rings. The van der Waals surface area contributed by atoms with E-state index in [9.17, 15) is 8.42 Å². The number of nitrogens with one attached hydrogen (secondary N) is 2. The fourth-order valence-corrected chi connectivity index (χ4v) is 3.81. The first-order valence-electron chi connectivity index (χ1n) is 6.52. The van der Waals surface area contributed by atoms with E-state index in [1.165, 1.54) is 22.3 Å². The highest BCUT2D eigenvalue weighted by Gasteiger charge is 2.16. The van der Waals surface area contributed by atoms with E-state index in [4.69, 9.17) is 0 Å². The molecule has 9 heteroatoms. The monoisotopic (exact) mass is 329 g/mol. The minimum atomic E-state index is -3.52. The Kier molecular flexibility index (Phi) is 5.09. The summed E-state index contributed by atoms with van der Waals surface area (Å²) in [5, 5.41) is 8.94. The lowest BCUT2D eigenvalue weighted by atomic mass is 10.4. The summed E-state index contributed by atoms with van der Waals surface area (Å²) in [6.07, 6.45) is 1.53. The predicted octanol–water partition coefficient (Wildman–Crippen LogP) is 0.853. The Balaban J connectivity index is 1.99. The minimum absolute atomic E-state index is 0.0819. The van der Waals surface area contributed by atoms with E-state index in [2.05, 4.69) is 20.1 Å². The number of aryl methyl sites for hydroxylation is 1. The van der Waals surface area contributed by atoms with E-state index < -0.39 is 10.0 Å². The molecule has 0 unspecified atom stereocenters. The van der Waals surface area contributed by atoms with Crippen LogP contribution in [0.25, 0.3) is 0 Å². The lowest BCUT2D eigenvalue weighted by molar-refractivity contribution is 0.578. The van der Waals surface area contributed by atoms with Crippen LogP contribution in [0, 0.1) is 0 Å². The summed E-state index contributed by atoms with van der Waals surface area (Å²) in [5.74, 6) is 0.443. The average Bonchev–Trinajstić information content (AvgIpc) is 3.03. The van der Waals surface area contributed by atoms with Gasteiger partial charge in [-0.3, -0.25) is 4.68 Å². The third kappa shape index (κ3) is 4.60. The SMILES string of the molecule is CC(C)NCc1cc(S(=O)(=O)NCc2ncn(C)n2)cs1. The van der Waals surface area contributed by atoms with E-state index in [-0.39, 0.29) is 11.4 Å². The molecule has 0 atom stereocenters. The van der Waals surface area contributed by atoms with Gasteiger partial charge in [-0.2, -0.15) is 5.10 Å². The third-order valence-electron chi connectivity index (χ3n) is 2.69. The number of nitrogens with zero attached hydrogens (tertiary/aromatic N) is 3. The lowest BCUT2D eigenvalue weighted by Crippen LogP contribution is -2.23. The highest BCUT2D eigenvalue weighted by Crippen LogP contribution is 2.19. The maximum atomic E-state index is 12.2. The molecule has 0 saturated carbocycles. The highest BCUT2D eigenvalue weighted by atomic mass is 32.2. The molecule has 0 spiro atoms. The molecule has 21 heavy (non-hydrogen) atoms. The Hall–Kier alpha value is -1.29. The predicted molar refractivity (Wildman–Crippen MR) is 81.3 cm³/mol. The van der Waals surface area contributed by atoms with Crippen molar-refractivity contribution in [3.63, 3.8) is 0 Å². The first kappa shape index (κ1) is 16.1. The topological polar surface area (TPSA) is 88.9 Å². The fraction of sp³-hybridized carbons (Fsp3) is 0.500. The van der Waals surface area contributed by atoms with Crippen molar-refractivity contribution in [2.24, 2.45) is 7.05 Å². The van der Waals surface area contributed by atoms with Gasteiger partial charge < -0.3 is 5.32 Å². The van der Waals surface area contributed by atoms with Gasteiger partial charge in [-0.05, 0) is 6.07 Å². The summed E-state index contributed by atoms with van der Waals surface area (Å²) in [6.45, 7) is 4.84. The second kappa shape index (κ2) is 6.65. The molecule has 2 aromatic heterocycles. The zero-order valence-electron chi connectivity index (χ0n) is 12.2. The summed E-state index contributed by atoms with van der Waals surface area (Å²) in [6, 6.07) is 2.05. The Morgan fingerprint density at radius 2 is 2.14 bits per heavy atom. The van der Waals surface area contributed by atoms with Crippen molar-refractivity contribution in [3.05, 3.63) is 28.5 Å². The zero-order chi connectivity index (χ0) is 15.5. The molecule has 0 aromatic carbocycles. The molecule has 0 bridgehead atoms. The van der Waals surface area contributed by atoms with Gasteiger partial charge in [0, 0.05) is 29.9 Å². The number of sulfonamides is 1. The van der Waals surface area contributed by atoms with Crippen molar-refractivity contribution in [2.75, 3.05) is 0 Å². The van der Waals surface area contributed by atoms with Crippen molar-refractivity contribution < 1.29 is 8.42 Å². The highest BCUT2D eigenvalue weighted by molar-refractivity contribution is 7.89. The standard InChI is InChI=1S/C12H19N5O2S2/c1-9(2)13-5-10-4-11(7-20-10)21(18,19)15-6-12-14-8-17(3)16-12/h4,7-9,13,15H,5-6H2,1-3H3. The van der Waals surface area contributed by atoms with Gasteiger partial charge in [-0.15, -0.1) is 11.3 Å². The van der Waals surface area contributed by atoms with Crippen molar-refractivity contribution in [3.8, 4) is 0 Å². The lowest BCUT2D eigenvalue weighted by Gasteiger charge is -2.05. The molecule has 116 valence electrons.